The van der Waals surface area contributed by atoms with Crippen LogP contribution in [-0.2, 0) is 0 Å². The van der Waals surface area contributed by atoms with Gasteiger partial charge in [0.2, 0.25) is 0 Å². The second kappa shape index (κ2) is 3.84. The third-order valence-corrected chi connectivity index (χ3v) is 4.43. The highest BCUT2D eigenvalue weighted by molar-refractivity contribution is 5.08. The van der Waals surface area contributed by atoms with Gasteiger partial charge >= 0.3 is 0 Å². The van der Waals surface area contributed by atoms with Crippen molar-refractivity contribution in [1.29, 1.82) is 0 Å². The van der Waals surface area contributed by atoms with Crippen LogP contribution in [0.3, 0.4) is 0 Å². The molecule has 0 spiro atoms. The van der Waals surface area contributed by atoms with Crippen LogP contribution in [0.2, 0.25) is 0 Å². The molecule has 0 aliphatic heterocycles. The number of nitrogens with one attached hydrogen (secondary N) is 1. The molecule has 0 saturated heterocycles. The predicted octanol–water partition coefficient (Wildman–Crippen LogP) is 1.98. The lowest BCUT2D eigenvalue weighted by Gasteiger charge is -2.45. The van der Waals surface area contributed by atoms with Crippen LogP contribution >= 0.6 is 0 Å². The fourth-order valence-corrected chi connectivity index (χ4v) is 2.83. The van der Waals surface area contributed by atoms with Crippen molar-refractivity contribution in [1.82, 2.24) is 15.2 Å². The number of hydrogen-bond acceptors (Lipinski definition) is 3. The monoisotopic (exact) mass is 222 g/mol. The summed E-state index contributed by atoms with van der Waals surface area (Å²) >= 11 is 0. The Morgan fingerprint density at radius 1 is 1.38 bits per heavy atom. The van der Waals surface area contributed by atoms with Gasteiger partial charge in [0.25, 0.3) is 0 Å². The van der Waals surface area contributed by atoms with Crippen LogP contribution in [0.5, 0.6) is 0 Å². The molecule has 4 heteroatoms. The number of aromatic amines is 1. The summed E-state index contributed by atoms with van der Waals surface area (Å²) in [6.07, 6.45) is 2.17. The lowest BCUT2D eigenvalue weighted by molar-refractivity contribution is 0.0950. The smallest absolute Gasteiger partial charge is 0.154 e. The molecule has 1 fully saturated rings. The van der Waals surface area contributed by atoms with Crippen molar-refractivity contribution in [3.05, 3.63) is 11.6 Å². The summed E-state index contributed by atoms with van der Waals surface area (Å²) in [7, 11) is 0. The van der Waals surface area contributed by atoms with Crippen molar-refractivity contribution in [3.8, 4) is 0 Å². The van der Waals surface area contributed by atoms with E-state index in [4.69, 9.17) is 5.73 Å². The molecule has 0 amide bonds. The molecule has 1 saturated carbocycles. The molecular formula is C12H22N4. The topological polar surface area (TPSA) is 67.6 Å². The summed E-state index contributed by atoms with van der Waals surface area (Å²) < 4.78 is 0. The van der Waals surface area contributed by atoms with E-state index in [0.29, 0.717) is 17.9 Å². The van der Waals surface area contributed by atoms with Crippen LogP contribution in [0.1, 0.15) is 51.2 Å². The predicted molar refractivity (Wildman–Crippen MR) is 64.0 cm³/mol. The average molecular weight is 222 g/mol. The van der Waals surface area contributed by atoms with Gasteiger partial charge in [-0.2, -0.15) is 5.10 Å². The van der Waals surface area contributed by atoms with E-state index in [0.717, 1.165) is 24.5 Å². The van der Waals surface area contributed by atoms with E-state index >= 15 is 0 Å². The van der Waals surface area contributed by atoms with E-state index in [2.05, 4.69) is 36.0 Å². The molecule has 3 unspecified atom stereocenters. The van der Waals surface area contributed by atoms with Crippen LogP contribution in [-0.4, -0.2) is 21.2 Å². The van der Waals surface area contributed by atoms with Crippen molar-refractivity contribution < 1.29 is 0 Å². The van der Waals surface area contributed by atoms with Gasteiger partial charge in [-0.1, -0.05) is 20.8 Å². The lowest BCUT2D eigenvalue weighted by Crippen LogP contribution is -2.46. The second-order valence-electron chi connectivity index (χ2n) is 5.68. The molecule has 0 radical (unpaired) electrons. The first-order valence-electron chi connectivity index (χ1n) is 6.07. The number of nitrogens with zero attached hydrogens (tertiary/aromatic N) is 2. The molecule has 4 nitrogen and oxygen atoms in total. The van der Waals surface area contributed by atoms with E-state index in [1.165, 1.54) is 0 Å². The van der Waals surface area contributed by atoms with Crippen molar-refractivity contribution in [3.63, 3.8) is 0 Å². The number of aromatic nitrogens is 3. The van der Waals surface area contributed by atoms with Gasteiger partial charge in [-0.25, -0.2) is 4.98 Å². The van der Waals surface area contributed by atoms with E-state index in [-0.39, 0.29) is 5.41 Å². The molecule has 1 aromatic heterocycles. The van der Waals surface area contributed by atoms with E-state index in [9.17, 15) is 0 Å². The fraction of sp³-hybridized carbons (Fsp3) is 0.833. The zero-order chi connectivity index (χ0) is 11.9. The Kier molecular flexibility index (Phi) is 2.78. The van der Waals surface area contributed by atoms with Crippen molar-refractivity contribution in [2.45, 2.75) is 52.5 Å². The minimum absolute atomic E-state index is 0.173. The Hall–Kier alpha value is -0.900. The lowest BCUT2D eigenvalue weighted by atomic mass is 9.61. The summed E-state index contributed by atoms with van der Waals surface area (Å²) in [6, 6.07) is 0.311. The Balaban J connectivity index is 2.28. The largest absolute Gasteiger partial charge is 0.327 e. The van der Waals surface area contributed by atoms with Gasteiger partial charge < -0.3 is 5.73 Å². The quantitative estimate of drug-likeness (QED) is 0.763. The van der Waals surface area contributed by atoms with E-state index < -0.39 is 0 Å². The summed E-state index contributed by atoms with van der Waals surface area (Å²) in [4.78, 5) is 4.48. The molecule has 2 rings (SSSR count). The molecule has 1 aliphatic rings. The van der Waals surface area contributed by atoms with Gasteiger partial charge in [-0.05, 0) is 31.1 Å². The highest BCUT2D eigenvalue weighted by Crippen LogP contribution is 2.48. The van der Waals surface area contributed by atoms with Crippen LogP contribution in [0, 0.1) is 18.3 Å². The first-order chi connectivity index (χ1) is 7.43. The summed E-state index contributed by atoms with van der Waals surface area (Å²) in [5.74, 6) is 2.78. The minimum atomic E-state index is 0.173. The van der Waals surface area contributed by atoms with Crippen LogP contribution in [0.25, 0.3) is 0 Å². The first-order valence-corrected chi connectivity index (χ1v) is 6.07. The zero-order valence-electron chi connectivity index (χ0n) is 10.6. The SMILES string of the molecule is Cc1nc(C2CCC(N)C(C)C2(C)C)n[nH]1. The third-order valence-electron chi connectivity index (χ3n) is 4.43. The number of aryl methyl sites for hydroxylation is 1. The maximum atomic E-state index is 6.15. The zero-order valence-corrected chi connectivity index (χ0v) is 10.6. The summed E-state index contributed by atoms with van der Waals surface area (Å²) in [6.45, 7) is 8.76. The van der Waals surface area contributed by atoms with Gasteiger partial charge in [-0.15, -0.1) is 0 Å². The van der Waals surface area contributed by atoms with Gasteiger partial charge in [0.05, 0.1) is 0 Å². The molecule has 1 aliphatic carbocycles. The highest BCUT2D eigenvalue weighted by Gasteiger charge is 2.43. The Labute approximate surface area is 97.0 Å². The van der Waals surface area contributed by atoms with Gasteiger partial charge in [-0.3, -0.25) is 5.10 Å². The Bertz CT molecular complexity index is 369. The normalized spacial score (nSPS) is 33.9. The number of hydrogen-bond donors (Lipinski definition) is 2. The van der Waals surface area contributed by atoms with Gasteiger partial charge in [0.15, 0.2) is 5.82 Å². The van der Waals surface area contributed by atoms with E-state index in [1.807, 2.05) is 6.92 Å². The second-order valence-corrected chi connectivity index (χ2v) is 5.68. The van der Waals surface area contributed by atoms with Crippen molar-refractivity contribution in [2.75, 3.05) is 0 Å². The summed E-state index contributed by atoms with van der Waals surface area (Å²) in [5, 5.41) is 7.26. The summed E-state index contributed by atoms with van der Waals surface area (Å²) in [5.41, 5.74) is 6.32. The van der Waals surface area contributed by atoms with Gasteiger partial charge in [0, 0.05) is 12.0 Å². The average Bonchev–Trinajstić information content (AvgIpc) is 2.61. The first kappa shape index (κ1) is 11.6. The molecule has 0 aromatic carbocycles. The van der Waals surface area contributed by atoms with Crippen molar-refractivity contribution >= 4 is 0 Å². The molecular weight excluding hydrogens is 200 g/mol. The van der Waals surface area contributed by atoms with Gasteiger partial charge in [0.1, 0.15) is 5.82 Å². The molecule has 16 heavy (non-hydrogen) atoms. The standard InChI is InChI=1S/C12H22N4/c1-7-10(13)6-5-9(12(7,3)4)11-14-8(2)15-16-11/h7,9-10H,5-6,13H2,1-4H3,(H,14,15,16). The number of rotatable bonds is 1. The molecule has 1 heterocycles. The molecule has 90 valence electrons. The minimum Gasteiger partial charge on any atom is -0.327 e. The molecule has 3 N–H and O–H groups in total. The van der Waals surface area contributed by atoms with E-state index in [1.54, 1.807) is 0 Å². The van der Waals surface area contributed by atoms with Crippen LogP contribution in [0.15, 0.2) is 0 Å². The maximum Gasteiger partial charge on any atom is 0.154 e. The van der Waals surface area contributed by atoms with Crippen LogP contribution < -0.4 is 5.73 Å². The number of nitrogens with two attached hydrogens (primary N) is 1. The fourth-order valence-electron chi connectivity index (χ4n) is 2.83. The Morgan fingerprint density at radius 2 is 2.06 bits per heavy atom. The Morgan fingerprint density at radius 3 is 2.62 bits per heavy atom. The van der Waals surface area contributed by atoms with Crippen LogP contribution in [0.4, 0.5) is 0 Å². The number of H-pyrrole nitrogens is 1. The highest BCUT2D eigenvalue weighted by atomic mass is 15.2. The molecule has 0 bridgehead atoms. The van der Waals surface area contributed by atoms with Crippen molar-refractivity contribution in [2.24, 2.45) is 17.1 Å². The molecule has 3 atom stereocenters. The molecule has 1 aromatic rings. The third kappa shape index (κ3) is 1.75. The maximum absolute atomic E-state index is 6.15.